The summed E-state index contributed by atoms with van der Waals surface area (Å²) in [6.45, 7) is 1.70. The molecule has 96 valence electrons. The van der Waals surface area contributed by atoms with E-state index in [0.717, 1.165) is 18.7 Å². The van der Waals surface area contributed by atoms with E-state index in [1.54, 1.807) is 0 Å². The van der Waals surface area contributed by atoms with Crippen molar-refractivity contribution in [3.05, 3.63) is 30.6 Å². The van der Waals surface area contributed by atoms with Gasteiger partial charge < -0.3 is 9.30 Å². The summed E-state index contributed by atoms with van der Waals surface area (Å²) in [5, 5.41) is 0. The second-order valence-corrected chi connectivity index (χ2v) is 5.06. The number of ether oxygens (including phenoxy) is 1. The van der Waals surface area contributed by atoms with Crippen LogP contribution < -0.4 is 0 Å². The monoisotopic (exact) mass is 244 g/mol. The first-order valence-corrected chi connectivity index (χ1v) is 6.95. The number of aromatic nitrogens is 2. The molecule has 1 aliphatic rings. The van der Waals surface area contributed by atoms with Crippen LogP contribution in [0.1, 0.15) is 32.1 Å². The number of nitrogens with zero attached hydrogens (tertiary/aromatic N) is 2. The van der Waals surface area contributed by atoms with Gasteiger partial charge in [-0.25, -0.2) is 4.98 Å². The Morgan fingerprint density at radius 3 is 2.89 bits per heavy atom. The first-order chi connectivity index (χ1) is 8.93. The van der Waals surface area contributed by atoms with Crippen LogP contribution in [0.15, 0.2) is 30.6 Å². The molecule has 2 aromatic rings. The van der Waals surface area contributed by atoms with E-state index in [-0.39, 0.29) is 0 Å². The Labute approximate surface area is 108 Å². The van der Waals surface area contributed by atoms with Crippen molar-refractivity contribution in [3.63, 3.8) is 0 Å². The van der Waals surface area contributed by atoms with Crippen LogP contribution in [0.3, 0.4) is 0 Å². The van der Waals surface area contributed by atoms with E-state index >= 15 is 0 Å². The minimum absolute atomic E-state index is 0.494. The third kappa shape index (κ3) is 2.56. The molecule has 0 saturated heterocycles. The molecular weight excluding hydrogens is 224 g/mol. The van der Waals surface area contributed by atoms with Gasteiger partial charge in [0.15, 0.2) is 0 Å². The van der Waals surface area contributed by atoms with Gasteiger partial charge in [0.05, 0.1) is 30.1 Å². The van der Waals surface area contributed by atoms with Gasteiger partial charge in [0.25, 0.3) is 0 Å². The average Bonchev–Trinajstić information content (AvgIpc) is 2.84. The molecule has 18 heavy (non-hydrogen) atoms. The van der Waals surface area contributed by atoms with Crippen LogP contribution in [0.25, 0.3) is 11.0 Å². The lowest BCUT2D eigenvalue weighted by atomic mass is 9.98. The molecule has 0 aliphatic heterocycles. The first-order valence-electron chi connectivity index (χ1n) is 6.95. The molecule has 1 aliphatic carbocycles. The molecule has 1 saturated carbocycles. The van der Waals surface area contributed by atoms with Crippen molar-refractivity contribution in [2.45, 2.75) is 44.8 Å². The zero-order valence-corrected chi connectivity index (χ0v) is 10.7. The number of rotatable bonds is 4. The SMILES string of the molecule is c1ccc2c(c1)ncn2CCOC1CCCCC1. The molecule has 3 rings (SSSR count). The quantitative estimate of drug-likeness (QED) is 0.824. The fraction of sp³-hybridized carbons (Fsp3) is 0.533. The van der Waals surface area contributed by atoms with E-state index in [9.17, 15) is 0 Å². The fourth-order valence-electron chi connectivity index (χ4n) is 2.74. The van der Waals surface area contributed by atoms with Crippen molar-refractivity contribution >= 4 is 11.0 Å². The summed E-state index contributed by atoms with van der Waals surface area (Å²) in [5.41, 5.74) is 2.26. The molecule has 1 fully saturated rings. The molecule has 0 amide bonds. The van der Waals surface area contributed by atoms with Gasteiger partial charge in [0.1, 0.15) is 0 Å². The lowest BCUT2D eigenvalue weighted by molar-refractivity contribution is 0.0244. The topological polar surface area (TPSA) is 27.1 Å². The van der Waals surface area contributed by atoms with Gasteiger partial charge in [0, 0.05) is 6.54 Å². The first kappa shape index (κ1) is 11.7. The normalized spacial score (nSPS) is 17.3. The number of imidazole rings is 1. The van der Waals surface area contributed by atoms with Crippen LogP contribution in [0.5, 0.6) is 0 Å². The van der Waals surface area contributed by atoms with E-state index in [1.165, 1.54) is 37.6 Å². The van der Waals surface area contributed by atoms with Crippen LogP contribution in [0.2, 0.25) is 0 Å². The summed E-state index contributed by atoms with van der Waals surface area (Å²) < 4.78 is 8.14. The molecular formula is C15H20N2O. The van der Waals surface area contributed by atoms with E-state index in [2.05, 4.69) is 21.7 Å². The van der Waals surface area contributed by atoms with Crippen molar-refractivity contribution in [2.75, 3.05) is 6.61 Å². The van der Waals surface area contributed by atoms with Crippen molar-refractivity contribution in [3.8, 4) is 0 Å². The molecule has 0 unspecified atom stereocenters. The highest BCUT2D eigenvalue weighted by Crippen LogP contribution is 2.20. The average molecular weight is 244 g/mol. The van der Waals surface area contributed by atoms with E-state index < -0.39 is 0 Å². The van der Waals surface area contributed by atoms with E-state index in [1.807, 2.05) is 18.5 Å². The number of para-hydroxylation sites is 2. The zero-order valence-electron chi connectivity index (χ0n) is 10.7. The van der Waals surface area contributed by atoms with Crippen molar-refractivity contribution in [1.29, 1.82) is 0 Å². The third-order valence-electron chi connectivity index (χ3n) is 3.77. The highest BCUT2D eigenvalue weighted by Gasteiger charge is 2.13. The largest absolute Gasteiger partial charge is 0.376 e. The van der Waals surface area contributed by atoms with Gasteiger partial charge in [-0.05, 0) is 25.0 Å². The lowest BCUT2D eigenvalue weighted by Crippen LogP contribution is -2.19. The second-order valence-electron chi connectivity index (χ2n) is 5.06. The Bertz CT molecular complexity index is 500. The summed E-state index contributed by atoms with van der Waals surface area (Å²) in [5.74, 6) is 0. The van der Waals surface area contributed by atoms with Crippen molar-refractivity contribution in [2.24, 2.45) is 0 Å². The predicted molar refractivity (Wildman–Crippen MR) is 72.6 cm³/mol. The molecule has 0 spiro atoms. The zero-order chi connectivity index (χ0) is 12.2. The number of fused-ring (bicyclic) bond motifs is 1. The fourth-order valence-corrected chi connectivity index (χ4v) is 2.74. The Kier molecular flexibility index (Phi) is 3.60. The summed E-state index contributed by atoms with van der Waals surface area (Å²) in [6.07, 6.45) is 8.93. The van der Waals surface area contributed by atoms with E-state index in [4.69, 9.17) is 4.74 Å². The molecule has 1 aromatic heterocycles. The Morgan fingerprint density at radius 1 is 1.17 bits per heavy atom. The Hall–Kier alpha value is -1.35. The van der Waals surface area contributed by atoms with E-state index in [0.29, 0.717) is 6.10 Å². The van der Waals surface area contributed by atoms with Crippen LogP contribution in [0.4, 0.5) is 0 Å². The van der Waals surface area contributed by atoms with Crippen LogP contribution in [-0.4, -0.2) is 22.3 Å². The van der Waals surface area contributed by atoms with Gasteiger partial charge in [-0.15, -0.1) is 0 Å². The third-order valence-corrected chi connectivity index (χ3v) is 3.77. The maximum Gasteiger partial charge on any atom is 0.0959 e. The van der Waals surface area contributed by atoms with Gasteiger partial charge in [-0.1, -0.05) is 31.4 Å². The van der Waals surface area contributed by atoms with Gasteiger partial charge >= 0.3 is 0 Å². The van der Waals surface area contributed by atoms with Crippen LogP contribution >= 0.6 is 0 Å². The maximum atomic E-state index is 5.96. The van der Waals surface area contributed by atoms with Gasteiger partial charge in [0.2, 0.25) is 0 Å². The molecule has 3 heteroatoms. The standard InChI is InChI=1S/C15H20N2O/c1-2-6-13(7-3-1)18-11-10-17-12-16-14-8-4-5-9-15(14)17/h4-5,8-9,12-13H,1-3,6-7,10-11H2. The molecule has 0 atom stereocenters. The van der Waals surface area contributed by atoms with Crippen LogP contribution in [-0.2, 0) is 11.3 Å². The smallest absolute Gasteiger partial charge is 0.0959 e. The number of hydrogen-bond donors (Lipinski definition) is 0. The van der Waals surface area contributed by atoms with Gasteiger partial charge in [-0.2, -0.15) is 0 Å². The predicted octanol–water partition coefficient (Wildman–Crippen LogP) is 3.39. The minimum atomic E-state index is 0.494. The Morgan fingerprint density at radius 2 is 2.00 bits per heavy atom. The summed E-state index contributed by atoms with van der Waals surface area (Å²) in [7, 11) is 0. The highest BCUT2D eigenvalue weighted by atomic mass is 16.5. The van der Waals surface area contributed by atoms with Gasteiger partial charge in [-0.3, -0.25) is 0 Å². The second kappa shape index (κ2) is 5.53. The van der Waals surface area contributed by atoms with Crippen molar-refractivity contribution < 1.29 is 4.74 Å². The van der Waals surface area contributed by atoms with Crippen LogP contribution in [0, 0.1) is 0 Å². The molecule has 0 N–H and O–H groups in total. The molecule has 1 heterocycles. The molecule has 0 bridgehead atoms. The van der Waals surface area contributed by atoms with Crippen molar-refractivity contribution in [1.82, 2.24) is 9.55 Å². The highest BCUT2D eigenvalue weighted by molar-refractivity contribution is 5.74. The molecule has 0 radical (unpaired) electrons. The summed E-state index contributed by atoms with van der Waals surface area (Å²) in [6, 6.07) is 8.25. The molecule has 3 nitrogen and oxygen atoms in total. The number of benzene rings is 1. The summed E-state index contributed by atoms with van der Waals surface area (Å²) in [4.78, 5) is 4.39. The maximum absolute atomic E-state index is 5.96. The Balaban J connectivity index is 1.56. The summed E-state index contributed by atoms with van der Waals surface area (Å²) >= 11 is 0. The number of hydrogen-bond acceptors (Lipinski definition) is 2. The molecule has 1 aromatic carbocycles. The lowest BCUT2D eigenvalue weighted by Gasteiger charge is -2.22. The minimum Gasteiger partial charge on any atom is -0.376 e.